The number of amides is 1. The Bertz CT molecular complexity index is 896. The Morgan fingerprint density at radius 3 is 2.31 bits per heavy atom. The zero-order valence-electron chi connectivity index (χ0n) is 14.3. The molecule has 2 aromatic carbocycles. The number of carbonyl (C=O) groups is 1. The van der Waals surface area contributed by atoms with Crippen LogP contribution >= 0.6 is 0 Å². The number of rotatable bonds is 3. The van der Waals surface area contributed by atoms with E-state index >= 15 is 0 Å². The van der Waals surface area contributed by atoms with Gasteiger partial charge in [-0.2, -0.15) is 0 Å². The van der Waals surface area contributed by atoms with Crippen LogP contribution in [-0.2, 0) is 0 Å². The Labute approximate surface area is 152 Å². The van der Waals surface area contributed by atoms with Crippen LogP contribution in [0.1, 0.15) is 10.6 Å². The van der Waals surface area contributed by atoms with Crippen molar-refractivity contribution in [2.24, 2.45) is 0 Å². The second-order valence-corrected chi connectivity index (χ2v) is 6.30. The molecule has 26 heavy (non-hydrogen) atoms. The van der Waals surface area contributed by atoms with Gasteiger partial charge in [0.05, 0.1) is 12.0 Å². The van der Waals surface area contributed by atoms with E-state index in [0.29, 0.717) is 31.9 Å². The van der Waals surface area contributed by atoms with Gasteiger partial charge < -0.3 is 19.3 Å². The molecule has 0 spiro atoms. The molecule has 0 atom stereocenters. The summed E-state index contributed by atoms with van der Waals surface area (Å²) >= 11 is 0. The number of furan rings is 1. The average Bonchev–Trinajstić information content (AvgIpc) is 3.18. The van der Waals surface area contributed by atoms with Gasteiger partial charge >= 0.3 is 0 Å². The molecule has 0 radical (unpaired) electrons. The van der Waals surface area contributed by atoms with Gasteiger partial charge in [0, 0.05) is 31.7 Å². The van der Waals surface area contributed by atoms with Crippen molar-refractivity contribution in [3.8, 4) is 16.9 Å². The van der Waals surface area contributed by atoms with Crippen LogP contribution in [0.4, 0.5) is 5.69 Å². The van der Waals surface area contributed by atoms with Crippen LogP contribution in [0.15, 0.2) is 71.3 Å². The van der Waals surface area contributed by atoms with Crippen LogP contribution in [0.25, 0.3) is 11.1 Å². The molecule has 1 N–H and O–H groups in total. The molecular weight excluding hydrogens is 328 g/mol. The molecule has 4 rings (SSSR count). The molecule has 132 valence electrons. The minimum Gasteiger partial charge on any atom is -0.506 e. The number of piperazine rings is 1. The average molecular weight is 348 g/mol. The second-order valence-electron chi connectivity index (χ2n) is 6.30. The molecular formula is C21H20N2O3. The number of hydrogen-bond donors (Lipinski definition) is 1. The Hall–Kier alpha value is -3.21. The summed E-state index contributed by atoms with van der Waals surface area (Å²) in [5, 5.41) is 10.0. The van der Waals surface area contributed by atoms with Gasteiger partial charge in [-0.15, -0.1) is 0 Å². The summed E-state index contributed by atoms with van der Waals surface area (Å²) in [4.78, 5) is 16.8. The van der Waals surface area contributed by atoms with Gasteiger partial charge in [-0.25, -0.2) is 0 Å². The number of phenols is 1. The van der Waals surface area contributed by atoms with Gasteiger partial charge in [0.1, 0.15) is 5.75 Å². The van der Waals surface area contributed by atoms with Gasteiger partial charge in [-0.3, -0.25) is 4.79 Å². The normalized spacial score (nSPS) is 14.5. The monoisotopic (exact) mass is 348 g/mol. The Balaban J connectivity index is 1.48. The number of aromatic hydroxyl groups is 1. The van der Waals surface area contributed by atoms with E-state index in [-0.39, 0.29) is 11.7 Å². The van der Waals surface area contributed by atoms with E-state index in [0.717, 1.165) is 16.8 Å². The van der Waals surface area contributed by atoms with E-state index < -0.39 is 0 Å². The molecule has 0 aliphatic carbocycles. The SMILES string of the molecule is O=C(c1occc1-c1ccccc1)N1CCN(c2ccccc2O)CC1. The highest BCUT2D eigenvalue weighted by Gasteiger charge is 2.27. The number of para-hydroxylation sites is 2. The van der Waals surface area contributed by atoms with E-state index in [9.17, 15) is 9.90 Å². The van der Waals surface area contributed by atoms with Crippen molar-refractivity contribution in [2.75, 3.05) is 31.1 Å². The molecule has 1 aromatic heterocycles. The molecule has 3 aromatic rings. The number of nitrogens with zero attached hydrogens (tertiary/aromatic N) is 2. The van der Waals surface area contributed by atoms with Gasteiger partial charge in [0.25, 0.3) is 5.91 Å². The van der Waals surface area contributed by atoms with Crippen molar-refractivity contribution >= 4 is 11.6 Å². The zero-order valence-corrected chi connectivity index (χ0v) is 14.3. The molecule has 0 saturated carbocycles. The lowest BCUT2D eigenvalue weighted by molar-refractivity contribution is 0.0715. The lowest BCUT2D eigenvalue weighted by Crippen LogP contribution is -2.48. The van der Waals surface area contributed by atoms with Crippen molar-refractivity contribution in [3.05, 3.63) is 72.7 Å². The molecule has 0 unspecified atom stereocenters. The Morgan fingerprint density at radius 1 is 0.885 bits per heavy atom. The molecule has 1 aliphatic heterocycles. The lowest BCUT2D eigenvalue weighted by Gasteiger charge is -2.36. The molecule has 5 nitrogen and oxygen atoms in total. The summed E-state index contributed by atoms with van der Waals surface area (Å²) in [5.41, 5.74) is 2.60. The van der Waals surface area contributed by atoms with Crippen molar-refractivity contribution in [1.29, 1.82) is 0 Å². The second kappa shape index (κ2) is 6.96. The number of hydrogen-bond acceptors (Lipinski definition) is 4. The van der Waals surface area contributed by atoms with Crippen molar-refractivity contribution < 1.29 is 14.3 Å². The maximum atomic E-state index is 12.9. The van der Waals surface area contributed by atoms with Crippen molar-refractivity contribution in [3.63, 3.8) is 0 Å². The van der Waals surface area contributed by atoms with Crippen LogP contribution in [0.5, 0.6) is 5.75 Å². The molecule has 1 saturated heterocycles. The minimum atomic E-state index is -0.0919. The van der Waals surface area contributed by atoms with E-state index in [1.54, 1.807) is 18.4 Å². The quantitative estimate of drug-likeness (QED) is 0.785. The van der Waals surface area contributed by atoms with Crippen LogP contribution in [0, 0.1) is 0 Å². The van der Waals surface area contributed by atoms with Crippen LogP contribution in [0.3, 0.4) is 0 Å². The van der Waals surface area contributed by atoms with E-state index in [4.69, 9.17) is 4.42 Å². The highest BCUT2D eigenvalue weighted by atomic mass is 16.3. The predicted octanol–water partition coefficient (Wildman–Crippen LogP) is 3.61. The summed E-state index contributed by atoms with van der Waals surface area (Å²) in [7, 11) is 0. The Morgan fingerprint density at radius 2 is 1.58 bits per heavy atom. The first kappa shape index (κ1) is 16.3. The van der Waals surface area contributed by atoms with E-state index in [1.165, 1.54) is 0 Å². The molecule has 2 heterocycles. The van der Waals surface area contributed by atoms with E-state index in [2.05, 4.69) is 4.90 Å². The topological polar surface area (TPSA) is 56.9 Å². The summed E-state index contributed by atoms with van der Waals surface area (Å²) < 4.78 is 5.52. The standard InChI is InChI=1S/C21H20N2O3/c24-19-9-5-4-8-18(19)22-11-13-23(14-12-22)21(25)20-17(10-15-26-20)16-6-2-1-3-7-16/h1-10,15,24H,11-14H2. The maximum absolute atomic E-state index is 12.9. The van der Waals surface area contributed by atoms with Crippen LogP contribution < -0.4 is 4.90 Å². The lowest BCUT2D eigenvalue weighted by atomic mass is 10.1. The fourth-order valence-corrected chi connectivity index (χ4v) is 3.35. The number of anilines is 1. The van der Waals surface area contributed by atoms with Gasteiger partial charge in [-0.1, -0.05) is 42.5 Å². The largest absolute Gasteiger partial charge is 0.506 e. The van der Waals surface area contributed by atoms with Gasteiger partial charge in [0.15, 0.2) is 5.76 Å². The van der Waals surface area contributed by atoms with Crippen LogP contribution in [-0.4, -0.2) is 42.1 Å². The zero-order chi connectivity index (χ0) is 17.9. The number of benzene rings is 2. The van der Waals surface area contributed by atoms with Gasteiger partial charge in [-0.05, 0) is 23.8 Å². The molecule has 5 heteroatoms. The first-order valence-corrected chi connectivity index (χ1v) is 8.69. The predicted molar refractivity (Wildman–Crippen MR) is 100 cm³/mol. The van der Waals surface area contributed by atoms with E-state index in [1.807, 2.05) is 53.4 Å². The molecule has 1 aliphatic rings. The van der Waals surface area contributed by atoms with Crippen LogP contribution in [0.2, 0.25) is 0 Å². The third kappa shape index (κ3) is 3.04. The molecule has 1 amide bonds. The fourth-order valence-electron chi connectivity index (χ4n) is 3.35. The smallest absolute Gasteiger partial charge is 0.290 e. The van der Waals surface area contributed by atoms with Gasteiger partial charge in [0.2, 0.25) is 0 Å². The summed E-state index contributed by atoms with van der Waals surface area (Å²) in [5.74, 6) is 0.558. The minimum absolute atomic E-state index is 0.0919. The fraction of sp³-hybridized carbons (Fsp3) is 0.190. The number of phenolic OH excluding ortho intramolecular Hbond substituents is 1. The highest BCUT2D eigenvalue weighted by molar-refractivity contribution is 5.98. The summed E-state index contributed by atoms with van der Waals surface area (Å²) in [6, 6.07) is 18.9. The summed E-state index contributed by atoms with van der Waals surface area (Å²) in [6.07, 6.45) is 1.56. The highest BCUT2D eigenvalue weighted by Crippen LogP contribution is 2.29. The Kier molecular flexibility index (Phi) is 4.35. The third-order valence-corrected chi connectivity index (χ3v) is 4.73. The summed E-state index contributed by atoms with van der Waals surface area (Å²) in [6.45, 7) is 2.51. The first-order valence-electron chi connectivity index (χ1n) is 8.69. The number of carbonyl (C=O) groups excluding carboxylic acids is 1. The third-order valence-electron chi connectivity index (χ3n) is 4.73. The van der Waals surface area contributed by atoms with Crippen molar-refractivity contribution in [2.45, 2.75) is 0 Å². The first-order chi connectivity index (χ1) is 12.7. The maximum Gasteiger partial charge on any atom is 0.290 e. The molecule has 0 bridgehead atoms. The van der Waals surface area contributed by atoms with Crippen molar-refractivity contribution in [1.82, 2.24) is 4.90 Å². The molecule has 1 fully saturated rings.